The Balaban J connectivity index is 0.935. The number of furan rings is 1. The number of carbonyl (C=O) groups excluding carboxylic acids is 1. The zero-order valence-corrected chi connectivity index (χ0v) is 32.5. The fraction of sp³-hybridized carbons (Fsp3) is 0.310. The van der Waals surface area contributed by atoms with Crippen molar-refractivity contribution in [2.75, 3.05) is 42.1 Å². The number of aryl methyl sites for hydroxylation is 2. The Kier molecular flexibility index (Phi) is 11.2. The van der Waals surface area contributed by atoms with Gasteiger partial charge in [-0.05, 0) is 110 Å². The topological polar surface area (TPSA) is 94.9 Å². The minimum Gasteiger partial charge on any atom is -0.468 e. The summed E-state index contributed by atoms with van der Waals surface area (Å²) in [7, 11) is -4.08. The summed E-state index contributed by atoms with van der Waals surface area (Å²) in [6.45, 7) is 8.21. The number of sulfonamides is 1. The molecule has 2 heterocycles. The molecular weight excluding hydrogens is 724 g/mol. The molecule has 276 valence electrons. The van der Waals surface area contributed by atoms with Crippen LogP contribution in [0.3, 0.4) is 0 Å². The Hall–Kier alpha value is -4.22. The van der Waals surface area contributed by atoms with E-state index in [1.54, 1.807) is 42.3 Å². The van der Waals surface area contributed by atoms with Gasteiger partial charge in [-0.3, -0.25) is 9.69 Å². The third-order valence-electron chi connectivity index (χ3n) is 10.4. The lowest BCUT2D eigenvalue weighted by Gasteiger charge is -2.36. The maximum absolute atomic E-state index is 13.4. The standard InChI is InChI=1S/C42H45ClN4O4S2/c1-30-27-37(17-18-39(30)44-42(20-5-6-21-42)29-52-40-19-26-51-31(40)2)53(49,50)45-41(48)33-11-15-36(16-12-33)47-24-22-46(23-25-47)28-34-7-3-4-8-38(34)32-9-13-35(43)14-10-32/h3-4,7-19,26-27,44H,5-6,20-25,28-29H2,1-2H3,(H,45,48). The van der Waals surface area contributed by atoms with Gasteiger partial charge in [0.25, 0.3) is 15.9 Å². The van der Waals surface area contributed by atoms with E-state index in [9.17, 15) is 13.2 Å². The van der Waals surface area contributed by atoms with E-state index in [0.717, 1.165) is 102 Å². The first-order valence-corrected chi connectivity index (χ1v) is 21.0. The van der Waals surface area contributed by atoms with Crippen LogP contribution in [0.5, 0.6) is 0 Å². The highest BCUT2D eigenvalue weighted by atomic mass is 35.5. The molecule has 1 aliphatic heterocycles. The van der Waals surface area contributed by atoms with E-state index >= 15 is 0 Å². The largest absolute Gasteiger partial charge is 0.468 e. The van der Waals surface area contributed by atoms with Crippen LogP contribution in [-0.2, 0) is 16.6 Å². The number of nitrogens with zero attached hydrogens (tertiary/aromatic N) is 2. The molecule has 1 aliphatic carbocycles. The predicted octanol–water partition coefficient (Wildman–Crippen LogP) is 9.17. The van der Waals surface area contributed by atoms with Crippen molar-refractivity contribution in [1.29, 1.82) is 0 Å². The fourth-order valence-electron chi connectivity index (χ4n) is 7.36. The molecule has 11 heteroatoms. The Bertz CT molecular complexity index is 2160. The second-order valence-corrected chi connectivity index (χ2v) is 17.3. The van der Waals surface area contributed by atoms with Gasteiger partial charge in [-0.25, -0.2) is 13.1 Å². The van der Waals surface area contributed by atoms with Crippen molar-refractivity contribution in [3.05, 3.63) is 131 Å². The molecule has 1 amide bonds. The van der Waals surface area contributed by atoms with Crippen LogP contribution in [-0.4, -0.2) is 56.7 Å². The van der Waals surface area contributed by atoms with Gasteiger partial charge in [-0.2, -0.15) is 0 Å². The van der Waals surface area contributed by atoms with E-state index in [1.807, 2.05) is 50.2 Å². The molecule has 2 N–H and O–H groups in total. The molecule has 0 unspecified atom stereocenters. The van der Waals surface area contributed by atoms with Crippen LogP contribution in [0.1, 0.15) is 52.9 Å². The summed E-state index contributed by atoms with van der Waals surface area (Å²) >= 11 is 7.91. The molecule has 0 bridgehead atoms. The molecular formula is C42H45ClN4O4S2. The van der Waals surface area contributed by atoms with Crippen molar-refractivity contribution in [1.82, 2.24) is 9.62 Å². The Morgan fingerprint density at radius 1 is 0.887 bits per heavy atom. The summed E-state index contributed by atoms with van der Waals surface area (Å²) in [5.41, 5.74) is 6.57. The molecule has 1 saturated heterocycles. The summed E-state index contributed by atoms with van der Waals surface area (Å²) in [5.74, 6) is 1.15. The number of thioether (sulfide) groups is 1. The van der Waals surface area contributed by atoms with Crippen LogP contribution in [0.25, 0.3) is 11.1 Å². The van der Waals surface area contributed by atoms with Crippen molar-refractivity contribution < 1.29 is 17.6 Å². The number of hydrogen-bond donors (Lipinski definition) is 2. The van der Waals surface area contributed by atoms with Crippen LogP contribution < -0.4 is 14.9 Å². The number of hydrogen-bond acceptors (Lipinski definition) is 8. The van der Waals surface area contributed by atoms with Gasteiger partial charge < -0.3 is 14.6 Å². The Morgan fingerprint density at radius 3 is 2.28 bits per heavy atom. The fourth-order valence-corrected chi connectivity index (χ4v) is 9.74. The lowest BCUT2D eigenvalue weighted by Crippen LogP contribution is -2.46. The van der Waals surface area contributed by atoms with Crippen molar-refractivity contribution in [3.63, 3.8) is 0 Å². The molecule has 0 atom stereocenters. The predicted molar refractivity (Wildman–Crippen MR) is 216 cm³/mol. The van der Waals surface area contributed by atoms with Crippen LogP contribution in [0, 0.1) is 13.8 Å². The first-order valence-electron chi connectivity index (χ1n) is 18.1. The molecule has 5 aromatic rings. The average Bonchev–Trinajstić information content (AvgIpc) is 3.81. The van der Waals surface area contributed by atoms with Gasteiger partial charge in [-0.1, -0.05) is 60.8 Å². The highest BCUT2D eigenvalue weighted by Gasteiger charge is 2.34. The Morgan fingerprint density at radius 2 is 1.60 bits per heavy atom. The van der Waals surface area contributed by atoms with Crippen LogP contribution >= 0.6 is 23.4 Å². The summed E-state index contributed by atoms with van der Waals surface area (Å²) in [5, 5.41) is 4.49. The Labute approximate surface area is 322 Å². The van der Waals surface area contributed by atoms with E-state index in [0.29, 0.717) is 5.56 Å². The van der Waals surface area contributed by atoms with E-state index in [4.69, 9.17) is 16.0 Å². The number of nitrogens with one attached hydrogen (secondary N) is 2. The van der Waals surface area contributed by atoms with Gasteiger partial charge in [-0.15, -0.1) is 11.8 Å². The summed E-state index contributed by atoms with van der Waals surface area (Å²) in [6, 6.07) is 30.7. The summed E-state index contributed by atoms with van der Waals surface area (Å²) in [4.78, 5) is 19.1. The zero-order valence-electron chi connectivity index (χ0n) is 30.1. The average molecular weight is 769 g/mol. The number of carbonyl (C=O) groups is 1. The quantitative estimate of drug-likeness (QED) is 0.121. The molecule has 7 rings (SSSR count). The van der Waals surface area contributed by atoms with E-state index in [1.165, 1.54) is 11.1 Å². The zero-order chi connectivity index (χ0) is 37.0. The molecule has 8 nitrogen and oxygen atoms in total. The number of halogens is 1. The first kappa shape index (κ1) is 37.1. The van der Waals surface area contributed by atoms with Gasteiger partial charge in [0.1, 0.15) is 5.76 Å². The van der Waals surface area contributed by atoms with Gasteiger partial charge >= 0.3 is 0 Å². The van der Waals surface area contributed by atoms with Crippen LogP contribution in [0.4, 0.5) is 11.4 Å². The number of anilines is 2. The SMILES string of the molecule is Cc1cc(S(=O)(=O)NC(=O)c2ccc(N3CCN(Cc4ccccc4-c4ccc(Cl)cc4)CC3)cc2)ccc1NC1(CSc2ccoc2C)CCCC1. The molecule has 53 heavy (non-hydrogen) atoms. The smallest absolute Gasteiger partial charge is 0.264 e. The molecule has 4 aromatic carbocycles. The van der Waals surface area contributed by atoms with Crippen LogP contribution in [0.15, 0.2) is 118 Å². The number of amides is 1. The molecule has 1 aromatic heterocycles. The van der Waals surface area contributed by atoms with Gasteiger partial charge in [0.2, 0.25) is 0 Å². The molecule has 2 aliphatic rings. The van der Waals surface area contributed by atoms with E-state index < -0.39 is 15.9 Å². The molecule has 1 saturated carbocycles. The van der Waals surface area contributed by atoms with E-state index in [-0.39, 0.29) is 10.4 Å². The van der Waals surface area contributed by atoms with Gasteiger partial charge in [0.15, 0.2) is 0 Å². The lowest BCUT2D eigenvalue weighted by atomic mass is 9.99. The molecule has 0 radical (unpaired) electrons. The number of rotatable bonds is 12. The normalized spacial score (nSPS) is 16.1. The lowest BCUT2D eigenvalue weighted by molar-refractivity contribution is 0.0981. The third-order valence-corrected chi connectivity index (χ3v) is 13.5. The summed E-state index contributed by atoms with van der Waals surface area (Å²) in [6.07, 6.45) is 6.10. The van der Waals surface area contributed by atoms with Crippen molar-refractivity contribution in [3.8, 4) is 11.1 Å². The minimum absolute atomic E-state index is 0.0584. The minimum atomic E-state index is -4.08. The maximum Gasteiger partial charge on any atom is 0.264 e. The second kappa shape index (κ2) is 16.0. The highest BCUT2D eigenvalue weighted by molar-refractivity contribution is 7.99. The van der Waals surface area contributed by atoms with Crippen molar-refractivity contribution in [2.24, 2.45) is 0 Å². The van der Waals surface area contributed by atoms with Crippen LogP contribution in [0.2, 0.25) is 5.02 Å². The number of benzene rings is 4. The molecule has 0 spiro atoms. The second-order valence-electron chi connectivity index (χ2n) is 14.1. The first-order chi connectivity index (χ1) is 25.6. The van der Waals surface area contributed by atoms with Gasteiger partial charge in [0.05, 0.1) is 11.2 Å². The van der Waals surface area contributed by atoms with E-state index in [2.05, 4.69) is 56.2 Å². The highest BCUT2D eigenvalue weighted by Crippen LogP contribution is 2.39. The van der Waals surface area contributed by atoms with Gasteiger partial charge in [0, 0.05) is 70.9 Å². The molecule has 2 fully saturated rings. The third kappa shape index (κ3) is 8.78. The van der Waals surface area contributed by atoms with Crippen molar-refractivity contribution in [2.45, 2.75) is 61.4 Å². The summed E-state index contributed by atoms with van der Waals surface area (Å²) < 4.78 is 34.5. The van der Waals surface area contributed by atoms with Crippen molar-refractivity contribution >= 4 is 50.7 Å². The monoisotopic (exact) mass is 768 g/mol. The number of piperazine rings is 1. The maximum atomic E-state index is 13.4.